The molecule has 1 saturated carbocycles. The van der Waals surface area contributed by atoms with Gasteiger partial charge < -0.3 is 10.2 Å². The zero-order chi connectivity index (χ0) is 13.0. The van der Waals surface area contributed by atoms with Crippen molar-refractivity contribution in [2.45, 2.75) is 52.1 Å². The third kappa shape index (κ3) is 3.05. The average molecular weight is 246 g/mol. The molecule has 1 aromatic rings. The molecule has 1 aromatic carbocycles. The Morgan fingerprint density at radius 2 is 2.00 bits per heavy atom. The number of hydrogen-bond acceptors (Lipinski definition) is 2. The van der Waals surface area contributed by atoms with Crippen molar-refractivity contribution in [2.24, 2.45) is 0 Å². The van der Waals surface area contributed by atoms with Crippen LogP contribution in [0.4, 0.5) is 5.69 Å². The number of nitrogens with zero attached hydrogens (tertiary/aromatic N) is 1. The first kappa shape index (κ1) is 13.4. The number of benzene rings is 1. The molecule has 1 fully saturated rings. The third-order valence-corrected chi connectivity index (χ3v) is 4.05. The minimum absolute atomic E-state index is 0.744. The van der Waals surface area contributed by atoms with Crippen molar-refractivity contribution in [1.82, 2.24) is 5.32 Å². The molecule has 1 N–H and O–H groups in total. The minimum Gasteiger partial charge on any atom is -0.371 e. The maximum absolute atomic E-state index is 3.45. The van der Waals surface area contributed by atoms with Gasteiger partial charge >= 0.3 is 0 Å². The van der Waals surface area contributed by atoms with Gasteiger partial charge in [0.15, 0.2) is 0 Å². The van der Waals surface area contributed by atoms with E-state index in [-0.39, 0.29) is 0 Å². The molecule has 2 rings (SSSR count). The Morgan fingerprint density at radius 1 is 1.28 bits per heavy atom. The summed E-state index contributed by atoms with van der Waals surface area (Å²) in [6, 6.07) is 7.59. The molecule has 2 nitrogen and oxygen atoms in total. The van der Waals surface area contributed by atoms with Crippen LogP contribution in [0.25, 0.3) is 0 Å². The van der Waals surface area contributed by atoms with E-state index in [1.807, 2.05) is 0 Å². The van der Waals surface area contributed by atoms with E-state index in [2.05, 4.69) is 49.3 Å². The molecule has 0 saturated heterocycles. The van der Waals surface area contributed by atoms with Gasteiger partial charge in [0.1, 0.15) is 0 Å². The SMILES string of the molecule is CCNCc1cc(C)ccc1N(C)C1CCCC1. The lowest BCUT2D eigenvalue weighted by Gasteiger charge is -2.29. The number of nitrogens with one attached hydrogen (secondary N) is 1. The molecular weight excluding hydrogens is 220 g/mol. The maximum Gasteiger partial charge on any atom is 0.0411 e. The van der Waals surface area contributed by atoms with Crippen molar-refractivity contribution < 1.29 is 0 Å². The van der Waals surface area contributed by atoms with Gasteiger partial charge in [-0.1, -0.05) is 37.5 Å². The van der Waals surface area contributed by atoms with Crippen LogP contribution in [0.2, 0.25) is 0 Å². The summed E-state index contributed by atoms with van der Waals surface area (Å²) in [5, 5.41) is 3.45. The van der Waals surface area contributed by atoms with Crippen LogP contribution in [-0.2, 0) is 6.54 Å². The summed E-state index contributed by atoms with van der Waals surface area (Å²) in [6.07, 6.45) is 5.49. The number of rotatable bonds is 5. The smallest absolute Gasteiger partial charge is 0.0411 e. The molecule has 0 bridgehead atoms. The van der Waals surface area contributed by atoms with Gasteiger partial charge in [-0.05, 0) is 37.9 Å². The summed E-state index contributed by atoms with van der Waals surface area (Å²) in [6.45, 7) is 6.34. The van der Waals surface area contributed by atoms with Crippen molar-refractivity contribution in [1.29, 1.82) is 0 Å². The predicted octanol–water partition coefficient (Wildman–Crippen LogP) is 3.48. The van der Waals surface area contributed by atoms with Gasteiger partial charge in [0, 0.05) is 25.3 Å². The molecule has 0 aromatic heterocycles. The van der Waals surface area contributed by atoms with Gasteiger partial charge in [0.2, 0.25) is 0 Å². The van der Waals surface area contributed by atoms with E-state index >= 15 is 0 Å². The zero-order valence-electron chi connectivity index (χ0n) is 12.0. The summed E-state index contributed by atoms with van der Waals surface area (Å²) in [7, 11) is 2.26. The lowest BCUT2D eigenvalue weighted by atomic mass is 10.1. The molecule has 0 unspecified atom stereocenters. The highest BCUT2D eigenvalue weighted by atomic mass is 15.1. The Labute approximate surface area is 111 Å². The largest absolute Gasteiger partial charge is 0.371 e. The molecule has 0 atom stereocenters. The van der Waals surface area contributed by atoms with E-state index in [1.165, 1.54) is 42.5 Å². The van der Waals surface area contributed by atoms with Gasteiger partial charge in [0.05, 0.1) is 0 Å². The van der Waals surface area contributed by atoms with Gasteiger partial charge in [-0.2, -0.15) is 0 Å². The van der Waals surface area contributed by atoms with Crippen LogP contribution in [0.15, 0.2) is 18.2 Å². The highest BCUT2D eigenvalue weighted by Gasteiger charge is 2.21. The summed E-state index contributed by atoms with van der Waals surface area (Å²) in [4.78, 5) is 2.50. The third-order valence-electron chi connectivity index (χ3n) is 4.05. The van der Waals surface area contributed by atoms with Gasteiger partial charge in [-0.3, -0.25) is 0 Å². The molecule has 0 amide bonds. The molecule has 1 aliphatic rings. The molecule has 100 valence electrons. The van der Waals surface area contributed by atoms with E-state index in [4.69, 9.17) is 0 Å². The van der Waals surface area contributed by atoms with Crippen LogP contribution in [-0.4, -0.2) is 19.6 Å². The van der Waals surface area contributed by atoms with Crippen molar-refractivity contribution in [3.63, 3.8) is 0 Å². The van der Waals surface area contributed by atoms with E-state index in [0.717, 1.165) is 19.1 Å². The quantitative estimate of drug-likeness (QED) is 0.855. The highest BCUT2D eigenvalue weighted by molar-refractivity contribution is 5.55. The second-order valence-corrected chi connectivity index (χ2v) is 5.46. The normalized spacial score (nSPS) is 16.2. The lowest BCUT2D eigenvalue weighted by Crippen LogP contribution is -2.30. The Morgan fingerprint density at radius 3 is 2.67 bits per heavy atom. The van der Waals surface area contributed by atoms with Crippen LogP contribution >= 0.6 is 0 Å². The lowest BCUT2D eigenvalue weighted by molar-refractivity contribution is 0.645. The first-order valence-electron chi connectivity index (χ1n) is 7.25. The summed E-state index contributed by atoms with van der Waals surface area (Å²) in [5.41, 5.74) is 4.20. The summed E-state index contributed by atoms with van der Waals surface area (Å²) >= 11 is 0. The molecular formula is C16H26N2. The highest BCUT2D eigenvalue weighted by Crippen LogP contribution is 2.29. The Bertz CT molecular complexity index is 381. The number of hydrogen-bond donors (Lipinski definition) is 1. The molecule has 1 aliphatic carbocycles. The van der Waals surface area contributed by atoms with E-state index < -0.39 is 0 Å². The topological polar surface area (TPSA) is 15.3 Å². The first-order valence-corrected chi connectivity index (χ1v) is 7.25. The second kappa shape index (κ2) is 6.24. The van der Waals surface area contributed by atoms with Gasteiger partial charge in [-0.15, -0.1) is 0 Å². The maximum atomic E-state index is 3.45. The molecule has 0 spiro atoms. The molecule has 2 heteroatoms. The average Bonchev–Trinajstić information content (AvgIpc) is 2.89. The van der Waals surface area contributed by atoms with Crippen molar-refractivity contribution >= 4 is 5.69 Å². The predicted molar refractivity (Wildman–Crippen MR) is 79.2 cm³/mol. The van der Waals surface area contributed by atoms with Crippen LogP contribution in [0.1, 0.15) is 43.7 Å². The molecule has 0 aliphatic heterocycles. The molecule has 18 heavy (non-hydrogen) atoms. The van der Waals surface area contributed by atoms with Crippen LogP contribution in [0, 0.1) is 6.92 Å². The van der Waals surface area contributed by atoms with Crippen LogP contribution < -0.4 is 10.2 Å². The Kier molecular flexibility index (Phi) is 4.65. The van der Waals surface area contributed by atoms with Gasteiger partial charge in [-0.25, -0.2) is 0 Å². The molecule has 0 heterocycles. The summed E-state index contributed by atoms with van der Waals surface area (Å²) in [5.74, 6) is 0. The Balaban J connectivity index is 2.18. The second-order valence-electron chi connectivity index (χ2n) is 5.46. The number of aryl methyl sites for hydroxylation is 1. The van der Waals surface area contributed by atoms with Crippen LogP contribution in [0.3, 0.4) is 0 Å². The van der Waals surface area contributed by atoms with E-state index in [9.17, 15) is 0 Å². The molecule has 0 radical (unpaired) electrons. The number of anilines is 1. The van der Waals surface area contributed by atoms with Crippen LogP contribution in [0.5, 0.6) is 0 Å². The van der Waals surface area contributed by atoms with Crippen molar-refractivity contribution in [3.05, 3.63) is 29.3 Å². The van der Waals surface area contributed by atoms with Gasteiger partial charge in [0.25, 0.3) is 0 Å². The Hall–Kier alpha value is -1.02. The zero-order valence-corrected chi connectivity index (χ0v) is 12.0. The fourth-order valence-electron chi connectivity index (χ4n) is 2.95. The fourth-order valence-corrected chi connectivity index (χ4v) is 2.95. The minimum atomic E-state index is 0.744. The monoisotopic (exact) mass is 246 g/mol. The van der Waals surface area contributed by atoms with Crippen molar-refractivity contribution in [2.75, 3.05) is 18.5 Å². The first-order chi connectivity index (χ1) is 8.72. The summed E-state index contributed by atoms with van der Waals surface area (Å²) < 4.78 is 0. The fraction of sp³-hybridized carbons (Fsp3) is 0.625. The standard InChI is InChI=1S/C16H26N2/c1-4-17-12-14-11-13(2)9-10-16(14)18(3)15-7-5-6-8-15/h9-11,15,17H,4-8,12H2,1-3H3. The van der Waals surface area contributed by atoms with Crippen molar-refractivity contribution in [3.8, 4) is 0 Å². The van der Waals surface area contributed by atoms with E-state index in [0.29, 0.717) is 0 Å². The van der Waals surface area contributed by atoms with E-state index in [1.54, 1.807) is 0 Å².